The number of pyridine rings is 1. The summed E-state index contributed by atoms with van der Waals surface area (Å²) in [5.74, 6) is 5.43. The van der Waals surface area contributed by atoms with E-state index >= 15 is 0 Å². The molecule has 1 rings (SSSR count). The Kier molecular flexibility index (Phi) is 3.14. The summed E-state index contributed by atoms with van der Waals surface area (Å²) in [6, 6.07) is 3.37. The number of nitrogens with one attached hydrogen (secondary N) is 1. The molecule has 82 valence electrons. The quantitative estimate of drug-likeness (QED) is 0.537. The first kappa shape index (κ1) is 11.3. The van der Waals surface area contributed by atoms with Gasteiger partial charge in [0.2, 0.25) is 12.4 Å². The number of anilines is 1. The Morgan fingerprint density at radius 2 is 1.93 bits per heavy atom. The molecule has 5 nitrogen and oxygen atoms in total. The molecule has 0 atom stereocenters. The monoisotopic (exact) mass is 210 g/mol. The van der Waals surface area contributed by atoms with E-state index in [-0.39, 0.29) is 0 Å². The van der Waals surface area contributed by atoms with Gasteiger partial charge < -0.3 is 4.74 Å². The van der Waals surface area contributed by atoms with Gasteiger partial charge in [-0.15, -0.1) is 0 Å². The van der Waals surface area contributed by atoms with Crippen molar-refractivity contribution in [3.05, 3.63) is 24.5 Å². The van der Waals surface area contributed by atoms with Gasteiger partial charge in [0, 0.05) is 12.1 Å². The summed E-state index contributed by atoms with van der Waals surface area (Å²) in [7, 11) is 0. The molecule has 5 heteroatoms. The van der Waals surface area contributed by atoms with E-state index in [2.05, 4.69) is 5.32 Å². The predicted octanol–water partition coefficient (Wildman–Crippen LogP) is 1.03. The molecule has 0 aromatic carbocycles. The Bertz CT molecular complexity index is 341. The summed E-state index contributed by atoms with van der Waals surface area (Å²) >= 11 is 0. The van der Waals surface area contributed by atoms with Gasteiger partial charge in [0.05, 0.1) is 5.69 Å². The molecule has 0 aliphatic heterocycles. The third kappa shape index (κ3) is 4.30. The molecule has 0 aliphatic rings. The number of nitrogen functional groups attached to an aromatic ring is 1. The lowest BCUT2D eigenvalue weighted by atomic mass is 10.2. The van der Waals surface area contributed by atoms with Crippen molar-refractivity contribution in [2.75, 3.05) is 11.2 Å². The SMILES string of the molecule is CC(C)(C)OC(=O)Nc1cc[n+](N)cc1. The van der Waals surface area contributed by atoms with Crippen molar-refractivity contribution in [1.29, 1.82) is 0 Å². The van der Waals surface area contributed by atoms with Crippen molar-refractivity contribution in [1.82, 2.24) is 0 Å². The molecule has 1 heterocycles. The minimum absolute atomic E-state index is 0.475. The maximum Gasteiger partial charge on any atom is 0.412 e. The molecule has 3 N–H and O–H groups in total. The largest absolute Gasteiger partial charge is 0.444 e. The molecule has 1 amide bonds. The molecule has 0 bridgehead atoms. The lowest BCUT2D eigenvalue weighted by molar-refractivity contribution is -0.638. The van der Waals surface area contributed by atoms with E-state index in [0.717, 1.165) is 0 Å². The second kappa shape index (κ2) is 4.16. The molecule has 1 aromatic rings. The number of nitrogens with zero attached hydrogens (tertiary/aromatic N) is 1. The van der Waals surface area contributed by atoms with Crippen LogP contribution >= 0.6 is 0 Å². The highest BCUT2D eigenvalue weighted by Gasteiger charge is 2.16. The number of nitrogens with two attached hydrogens (primary N) is 1. The maximum atomic E-state index is 11.3. The standard InChI is InChI=1S/C10H15N3O2/c1-10(2,3)15-9(14)12-8-4-6-13(11)7-5-8/h4-7H,11H2,1-3H3/p+1. The number of hydrogen-bond acceptors (Lipinski definition) is 3. The Labute approximate surface area is 88.8 Å². The van der Waals surface area contributed by atoms with Crippen molar-refractivity contribution in [2.45, 2.75) is 26.4 Å². The fourth-order valence-electron chi connectivity index (χ4n) is 0.943. The number of ether oxygens (including phenoxy) is 1. The van der Waals surface area contributed by atoms with Gasteiger partial charge in [-0.25, -0.2) is 10.6 Å². The van der Waals surface area contributed by atoms with Gasteiger partial charge in [-0.1, -0.05) is 4.68 Å². The summed E-state index contributed by atoms with van der Waals surface area (Å²) in [5, 5.41) is 2.60. The fourth-order valence-corrected chi connectivity index (χ4v) is 0.943. The van der Waals surface area contributed by atoms with Gasteiger partial charge in [0.25, 0.3) is 0 Å². The first-order chi connectivity index (χ1) is 6.87. The van der Waals surface area contributed by atoms with Crippen molar-refractivity contribution in [3.63, 3.8) is 0 Å². The van der Waals surface area contributed by atoms with Crippen LogP contribution in [0.5, 0.6) is 0 Å². The van der Waals surface area contributed by atoms with Crippen LogP contribution in [-0.2, 0) is 4.74 Å². The van der Waals surface area contributed by atoms with Crippen LogP contribution in [0.4, 0.5) is 10.5 Å². The van der Waals surface area contributed by atoms with E-state index < -0.39 is 11.7 Å². The zero-order valence-corrected chi connectivity index (χ0v) is 9.15. The first-order valence-corrected chi connectivity index (χ1v) is 4.63. The third-order valence-corrected chi connectivity index (χ3v) is 1.50. The number of rotatable bonds is 1. The lowest BCUT2D eigenvalue weighted by Crippen LogP contribution is -2.43. The topological polar surface area (TPSA) is 68.2 Å². The molecule has 0 spiro atoms. The average Bonchev–Trinajstić information content (AvgIpc) is 2.05. The Balaban J connectivity index is 2.55. The van der Waals surface area contributed by atoms with Crippen LogP contribution in [0.25, 0.3) is 0 Å². The van der Waals surface area contributed by atoms with Crippen molar-refractivity contribution >= 4 is 11.8 Å². The Morgan fingerprint density at radius 3 is 2.40 bits per heavy atom. The fraction of sp³-hybridized carbons (Fsp3) is 0.400. The van der Waals surface area contributed by atoms with Crippen LogP contribution in [0.15, 0.2) is 24.5 Å². The van der Waals surface area contributed by atoms with Crippen LogP contribution in [0.3, 0.4) is 0 Å². The first-order valence-electron chi connectivity index (χ1n) is 4.63. The Morgan fingerprint density at radius 1 is 1.40 bits per heavy atom. The normalized spacial score (nSPS) is 10.9. The van der Waals surface area contributed by atoms with E-state index in [1.54, 1.807) is 24.5 Å². The molecule has 1 aromatic heterocycles. The van der Waals surface area contributed by atoms with Crippen molar-refractivity contribution < 1.29 is 14.2 Å². The van der Waals surface area contributed by atoms with Gasteiger partial charge in [0.15, 0.2) is 0 Å². The number of amides is 1. The summed E-state index contributed by atoms with van der Waals surface area (Å²) in [6.07, 6.45) is 2.79. The van der Waals surface area contributed by atoms with Crippen LogP contribution in [-0.4, -0.2) is 11.7 Å². The second-order valence-corrected chi connectivity index (χ2v) is 4.16. The zero-order chi connectivity index (χ0) is 11.5. The van der Waals surface area contributed by atoms with Crippen LogP contribution in [0, 0.1) is 0 Å². The van der Waals surface area contributed by atoms with E-state index in [1.807, 2.05) is 20.8 Å². The molecule has 0 aliphatic carbocycles. The van der Waals surface area contributed by atoms with Crippen LogP contribution in [0.2, 0.25) is 0 Å². The van der Waals surface area contributed by atoms with Gasteiger partial charge in [-0.2, -0.15) is 0 Å². The number of carbonyl (C=O) groups excluding carboxylic acids is 1. The molecular weight excluding hydrogens is 194 g/mol. The van der Waals surface area contributed by atoms with E-state index in [4.69, 9.17) is 10.6 Å². The van der Waals surface area contributed by atoms with Crippen molar-refractivity contribution in [3.8, 4) is 0 Å². The van der Waals surface area contributed by atoms with Crippen LogP contribution < -0.4 is 15.8 Å². The van der Waals surface area contributed by atoms with Gasteiger partial charge in [0.1, 0.15) is 5.60 Å². The molecule has 0 saturated carbocycles. The van der Waals surface area contributed by atoms with Gasteiger partial charge in [-0.05, 0) is 20.8 Å². The summed E-state index contributed by atoms with van der Waals surface area (Å²) < 4.78 is 6.47. The molecule has 0 fully saturated rings. The molecule has 0 radical (unpaired) electrons. The molecule has 15 heavy (non-hydrogen) atoms. The highest BCUT2D eigenvalue weighted by atomic mass is 16.6. The summed E-state index contributed by atoms with van der Waals surface area (Å²) in [4.78, 5) is 11.3. The minimum atomic E-state index is -0.493. The predicted molar refractivity (Wildman–Crippen MR) is 56.6 cm³/mol. The van der Waals surface area contributed by atoms with E-state index in [0.29, 0.717) is 5.69 Å². The zero-order valence-electron chi connectivity index (χ0n) is 9.15. The summed E-state index contributed by atoms with van der Waals surface area (Å²) in [5.41, 5.74) is 0.151. The van der Waals surface area contributed by atoms with Gasteiger partial charge >= 0.3 is 6.09 Å². The third-order valence-electron chi connectivity index (χ3n) is 1.50. The Hall–Kier alpha value is -1.78. The number of aromatic nitrogens is 1. The molecule has 0 saturated heterocycles. The number of hydrogen-bond donors (Lipinski definition) is 2. The van der Waals surface area contributed by atoms with Gasteiger partial charge in [-0.3, -0.25) is 5.32 Å². The molecular formula is C10H16N3O2+. The lowest BCUT2D eigenvalue weighted by Gasteiger charge is -2.19. The minimum Gasteiger partial charge on any atom is -0.444 e. The highest BCUT2D eigenvalue weighted by Crippen LogP contribution is 2.09. The highest BCUT2D eigenvalue weighted by molar-refractivity contribution is 5.84. The van der Waals surface area contributed by atoms with E-state index in [9.17, 15) is 4.79 Å². The molecule has 0 unspecified atom stereocenters. The smallest absolute Gasteiger partial charge is 0.412 e. The van der Waals surface area contributed by atoms with E-state index in [1.165, 1.54) is 4.68 Å². The van der Waals surface area contributed by atoms with Crippen molar-refractivity contribution in [2.24, 2.45) is 0 Å². The average molecular weight is 210 g/mol. The number of carbonyl (C=O) groups is 1. The second-order valence-electron chi connectivity index (χ2n) is 4.16. The summed E-state index contributed by atoms with van der Waals surface area (Å²) in [6.45, 7) is 5.43. The maximum absolute atomic E-state index is 11.3. The van der Waals surface area contributed by atoms with Crippen LogP contribution in [0.1, 0.15) is 20.8 Å².